The average Bonchev–Trinajstić information content (AvgIpc) is 3.61. The fraction of sp³-hybridized carbons (Fsp3) is 0.111. The summed E-state index contributed by atoms with van der Waals surface area (Å²) in [7, 11) is 0. The Hall–Kier alpha value is -6.64. The van der Waals surface area contributed by atoms with Crippen LogP contribution in [-0.4, -0.2) is 9.97 Å². The zero-order valence-corrected chi connectivity index (χ0v) is 32.1. The third-order valence-corrected chi connectivity index (χ3v) is 12.7. The van der Waals surface area contributed by atoms with Crippen LogP contribution in [0.4, 0.5) is 0 Å². The lowest BCUT2D eigenvalue weighted by Gasteiger charge is -2.22. The van der Waals surface area contributed by atoms with Gasteiger partial charge in [0.15, 0.2) is 5.82 Å². The van der Waals surface area contributed by atoms with Gasteiger partial charge < -0.3 is 0 Å². The second-order valence-electron chi connectivity index (χ2n) is 16.6. The summed E-state index contributed by atoms with van der Waals surface area (Å²) in [6.07, 6.45) is 0. The summed E-state index contributed by atoms with van der Waals surface area (Å²) in [5.74, 6) is 0.722. The fourth-order valence-electron chi connectivity index (χ4n) is 9.77. The Morgan fingerprint density at radius 1 is 0.339 bits per heavy atom. The maximum Gasteiger partial charge on any atom is 0.160 e. The minimum atomic E-state index is -0.148. The van der Waals surface area contributed by atoms with E-state index in [1.165, 1.54) is 77.2 Å². The van der Waals surface area contributed by atoms with Crippen molar-refractivity contribution in [2.45, 2.75) is 38.5 Å². The Balaban J connectivity index is 1.11. The standard InChI is InChI=1S/C54H40N2/c1-53(2)45-23-13-12-21-40(45)41-26-25-36(31-47(41)53)37-27-28-42(39-20-11-10-19-38(37)39)49-32-50(56-52(55-49)33-15-6-5-7-16-33)43-22-14-24-46-51(43)44-29-34-17-8-9-18-35(34)30-48(44)54(46,3)4/h5-32H,1-4H3. The van der Waals surface area contributed by atoms with Crippen LogP contribution in [0.15, 0.2) is 170 Å². The minimum absolute atomic E-state index is 0.0662. The Kier molecular flexibility index (Phi) is 6.98. The number of rotatable bonds is 4. The summed E-state index contributed by atoms with van der Waals surface area (Å²) in [6.45, 7) is 9.41. The molecule has 2 nitrogen and oxygen atoms in total. The van der Waals surface area contributed by atoms with Gasteiger partial charge in [0.2, 0.25) is 0 Å². The van der Waals surface area contributed by atoms with E-state index < -0.39 is 0 Å². The van der Waals surface area contributed by atoms with E-state index in [1.807, 2.05) is 6.07 Å². The predicted octanol–water partition coefficient (Wildman–Crippen LogP) is 14.1. The number of hydrogen-bond acceptors (Lipinski definition) is 2. The minimum Gasteiger partial charge on any atom is -0.228 e. The molecule has 0 amide bonds. The molecule has 0 saturated heterocycles. The Morgan fingerprint density at radius 2 is 0.893 bits per heavy atom. The molecule has 0 aliphatic heterocycles. The van der Waals surface area contributed by atoms with E-state index >= 15 is 0 Å². The number of benzene rings is 8. The molecule has 1 heterocycles. The summed E-state index contributed by atoms with van der Waals surface area (Å²) in [5, 5.41) is 4.91. The molecule has 0 unspecified atom stereocenters. The molecule has 2 aliphatic rings. The van der Waals surface area contributed by atoms with Gasteiger partial charge >= 0.3 is 0 Å². The molecule has 266 valence electrons. The van der Waals surface area contributed by atoms with Gasteiger partial charge in [0, 0.05) is 27.5 Å². The molecule has 8 aromatic carbocycles. The third-order valence-electron chi connectivity index (χ3n) is 12.7. The van der Waals surface area contributed by atoms with Crippen LogP contribution in [0.3, 0.4) is 0 Å². The molecule has 0 bridgehead atoms. The first-order valence-electron chi connectivity index (χ1n) is 19.7. The lowest BCUT2D eigenvalue weighted by Crippen LogP contribution is -2.14. The van der Waals surface area contributed by atoms with Crippen LogP contribution < -0.4 is 0 Å². The lowest BCUT2D eigenvalue weighted by atomic mass is 9.81. The molecule has 0 atom stereocenters. The predicted molar refractivity (Wildman–Crippen MR) is 234 cm³/mol. The highest BCUT2D eigenvalue weighted by molar-refractivity contribution is 6.06. The summed E-state index contributed by atoms with van der Waals surface area (Å²) in [4.78, 5) is 10.7. The smallest absolute Gasteiger partial charge is 0.160 e. The van der Waals surface area contributed by atoms with E-state index in [1.54, 1.807) is 0 Å². The van der Waals surface area contributed by atoms with Crippen LogP contribution in [-0.2, 0) is 10.8 Å². The molecule has 2 heteroatoms. The van der Waals surface area contributed by atoms with Crippen molar-refractivity contribution < 1.29 is 0 Å². The van der Waals surface area contributed by atoms with Gasteiger partial charge in [0.05, 0.1) is 11.4 Å². The summed E-state index contributed by atoms with van der Waals surface area (Å²) in [6, 6.07) is 62.1. The molecular weight excluding hydrogens is 677 g/mol. The van der Waals surface area contributed by atoms with Crippen LogP contribution in [0.25, 0.3) is 88.8 Å². The number of aromatic nitrogens is 2. The largest absolute Gasteiger partial charge is 0.228 e. The van der Waals surface area contributed by atoms with Crippen molar-refractivity contribution in [3.05, 3.63) is 192 Å². The molecule has 11 rings (SSSR count). The van der Waals surface area contributed by atoms with Gasteiger partial charge in [-0.05, 0) is 101 Å². The van der Waals surface area contributed by atoms with Crippen LogP contribution in [0.1, 0.15) is 49.9 Å². The van der Waals surface area contributed by atoms with Gasteiger partial charge in [-0.25, -0.2) is 9.97 Å². The van der Waals surface area contributed by atoms with Crippen molar-refractivity contribution in [1.82, 2.24) is 9.97 Å². The molecular formula is C54H40N2. The summed E-state index contributed by atoms with van der Waals surface area (Å²) in [5.41, 5.74) is 18.0. The second kappa shape index (κ2) is 11.9. The summed E-state index contributed by atoms with van der Waals surface area (Å²) < 4.78 is 0. The number of nitrogens with zero attached hydrogens (tertiary/aromatic N) is 2. The van der Waals surface area contributed by atoms with Crippen molar-refractivity contribution in [2.75, 3.05) is 0 Å². The van der Waals surface area contributed by atoms with E-state index in [2.05, 4.69) is 191 Å². The lowest BCUT2D eigenvalue weighted by molar-refractivity contribution is 0.660. The molecule has 56 heavy (non-hydrogen) atoms. The zero-order chi connectivity index (χ0) is 37.8. The second-order valence-corrected chi connectivity index (χ2v) is 16.6. The quantitative estimate of drug-likeness (QED) is 0.181. The van der Waals surface area contributed by atoms with Gasteiger partial charge in [0.1, 0.15) is 0 Å². The van der Waals surface area contributed by atoms with Crippen molar-refractivity contribution in [1.29, 1.82) is 0 Å². The van der Waals surface area contributed by atoms with E-state index in [0.29, 0.717) is 0 Å². The highest BCUT2D eigenvalue weighted by Gasteiger charge is 2.38. The highest BCUT2D eigenvalue weighted by atomic mass is 14.9. The van der Waals surface area contributed by atoms with Crippen molar-refractivity contribution >= 4 is 21.5 Å². The monoisotopic (exact) mass is 716 g/mol. The number of hydrogen-bond donors (Lipinski definition) is 0. The first kappa shape index (κ1) is 32.8. The van der Waals surface area contributed by atoms with Gasteiger partial charge in [-0.3, -0.25) is 0 Å². The first-order valence-corrected chi connectivity index (χ1v) is 19.7. The number of fused-ring (bicyclic) bond motifs is 8. The molecule has 1 aromatic heterocycles. The summed E-state index contributed by atoms with van der Waals surface area (Å²) >= 11 is 0. The maximum atomic E-state index is 5.36. The zero-order valence-electron chi connectivity index (χ0n) is 32.1. The molecule has 0 N–H and O–H groups in total. The Bertz CT molecular complexity index is 3080. The molecule has 0 fully saturated rings. The van der Waals surface area contributed by atoms with Crippen LogP contribution in [0.5, 0.6) is 0 Å². The van der Waals surface area contributed by atoms with Crippen molar-refractivity contribution in [3.63, 3.8) is 0 Å². The Labute approximate surface area is 328 Å². The van der Waals surface area contributed by atoms with Crippen LogP contribution >= 0.6 is 0 Å². The van der Waals surface area contributed by atoms with E-state index in [0.717, 1.165) is 33.9 Å². The van der Waals surface area contributed by atoms with Crippen molar-refractivity contribution in [3.8, 4) is 67.3 Å². The molecule has 9 aromatic rings. The molecule has 0 saturated carbocycles. The maximum absolute atomic E-state index is 5.36. The molecule has 2 aliphatic carbocycles. The normalized spacial score (nSPS) is 14.4. The van der Waals surface area contributed by atoms with Gasteiger partial charge in [0.25, 0.3) is 0 Å². The Morgan fingerprint density at radius 3 is 1.70 bits per heavy atom. The van der Waals surface area contributed by atoms with Gasteiger partial charge in [-0.2, -0.15) is 0 Å². The topological polar surface area (TPSA) is 25.8 Å². The van der Waals surface area contributed by atoms with Crippen molar-refractivity contribution in [2.24, 2.45) is 0 Å². The van der Waals surface area contributed by atoms with E-state index in [4.69, 9.17) is 9.97 Å². The van der Waals surface area contributed by atoms with E-state index in [-0.39, 0.29) is 10.8 Å². The third kappa shape index (κ3) is 4.75. The van der Waals surface area contributed by atoms with Crippen LogP contribution in [0, 0.1) is 0 Å². The molecule has 0 radical (unpaired) electrons. The average molecular weight is 717 g/mol. The molecule has 0 spiro atoms. The van der Waals surface area contributed by atoms with E-state index in [9.17, 15) is 0 Å². The van der Waals surface area contributed by atoms with Gasteiger partial charge in [-0.1, -0.05) is 173 Å². The first-order chi connectivity index (χ1) is 27.3. The SMILES string of the molecule is CC1(C)c2ccccc2-c2ccc(-c3ccc(-c4cc(-c5cccc6c5-c5cc7ccccc7cc5C6(C)C)nc(-c5ccccc5)n4)c4ccccc34)cc21. The highest BCUT2D eigenvalue weighted by Crippen LogP contribution is 2.54. The van der Waals surface area contributed by atoms with Gasteiger partial charge in [-0.15, -0.1) is 0 Å². The van der Waals surface area contributed by atoms with Crippen LogP contribution in [0.2, 0.25) is 0 Å². The fourth-order valence-corrected chi connectivity index (χ4v) is 9.77.